The Morgan fingerprint density at radius 1 is 1.14 bits per heavy atom. The molecule has 0 spiro atoms. The third-order valence-electron chi connectivity index (χ3n) is 4.38. The number of anilines is 1. The molecule has 110 valence electrons. The summed E-state index contributed by atoms with van der Waals surface area (Å²) in [4.78, 5) is 0. The second-order valence-corrected chi connectivity index (χ2v) is 6.05. The first kappa shape index (κ1) is 14.2. The number of hydrogen-bond donors (Lipinski definition) is 2. The van der Waals surface area contributed by atoms with Crippen LogP contribution in [0.2, 0.25) is 0 Å². The molecule has 1 aliphatic heterocycles. The van der Waals surface area contributed by atoms with Gasteiger partial charge in [-0.3, -0.25) is 0 Å². The SMILES string of the molecule is CC1CNCCc2ccc(NC(C)c3ccccc3)cc21. The van der Waals surface area contributed by atoms with Crippen molar-refractivity contribution in [2.75, 3.05) is 18.4 Å². The zero-order valence-corrected chi connectivity index (χ0v) is 12.9. The van der Waals surface area contributed by atoms with Crippen LogP contribution < -0.4 is 10.6 Å². The van der Waals surface area contributed by atoms with Gasteiger partial charge in [-0.15, -0.1) is 0 Å². The van der Waals surface area contributed by atoms with Crippen LogP contribution >= 0.6 is 0 Å². The zero-order valence-electron chi connectivity index (χ0n) is 12.9. The minimum absolute atomic E-state index is 0.323. The molecule has 0 bridgehead atoms. The van der Waals surface area contributed by atoms with Crippen molar-refractivity contribution in [1.29, 1.82) is 0 Å². The molecule has 2 aromatic rings. The third kappa shape index (κ3) is 3.27. The summed E-state index contributed by atoms with van der Waals surface area (Å²) >= 11 is 0. The van der Waals surface area contributed by atoms with Crippen LogP contribution in [-0.4, -0.2) is 13.1 Å². The highest BCUT2D eigenvalue weighted by Crippen LogP contribution is 2.27. The largest absolute Gasteiger partial charge is 0.379 e. The quantitative estimate of drug-likeness (QED) is 0.884. The maximum Gasteiger partial charge on any atom is 0.0485 e. The summed E-state index contributed by atoms with van der Waals surface area (Å²) in [5.41, 5.74) is 5.52. The molecule has 1 aliphatic rings. The standard InChI is InChI=1S/C19H24N2/c1-14-13-20-11-10-17-8-9-18(12-19(14)17)21-15(2)16-6-4-3-5-7-16/h3-9,12,14-15,20-21H,10-11,13H2,1-2H3. The molecule has 0 saturated heterocycles. The Morgan fingerprint density at radius 2 is 1.95 bits per heavy atom. The molecule has 2 N–H and O–H groups in total. The normalized spacial score (nSPS) is 19.4. The van der Waals surface area contributed by atoms with Crippen molar-refractivity contribution in [2.24, 2.45) is 0 Å². The Hall–Kier alpha value is -1.80. The summed E-state index contributed by atoms with van der Waals surface area (Å²) < 4.78 is 0. The van der Waals surface area contributed by atoms with Crippen molar-refractivity contribution in [3.63, 3.8) is 0 Å². The molecule has 3 rings (SSSR count). The van der Waals surface area contributed by atoms with Gasteiger partial charge in [-0.05, 0) is 54.6 Å². The molecule has 0 fully saturated rings. The maximum atomic E-state index is 3.63. The van der Waals surface area contributed by atoms with Crippen molar-refractivity contribution >= 4 is 5.69 Å². The average Bonchev–Trinajstić information content (AvgIpc) is 2.70. The van der Waals surface area contributed by atoms with Crippen molar-refractivity contribution in [2.45, 2.75) is 32.2 Å². The molecule has 0 aliphatic carbocycles. The van der Waals surface area contributed by atoms with Crippen LogP contribution in [0.5, 0.6) is 0 Å². The second-order valence-electron chi connectivity index (χ2n) is 6.05. The second kappa shape index (κ2) is 6.31. The van der Waals surface area contributed by atoms with Gasteiger partial charge in [0.25, 0.3) is 0 Å². The number of benzene rings is 2. The topological polar surface area (TPSA) is 24.1 Å². The van der Waals surface area contributed by atoms with Crippen LogP contribution in [0.15, 0.2) is 48.5 Å². The lowest BCUT2D eigenvalue weighted by Crippen LogP contribution is -2.18. The third-order valence-corrected chi connectivity index (χ3v) is 4.38. The fraction of sp³-hybridized carbons (Fsp3) is 0.368. The molecular formula is C19H24N2. The van der Waals surface area contributed by atoms with Crippen molar-refractivity contribution in [3.8, 4) is 0 Å². The van der Waals surface area contributed by atoms with Gasteiger partial charge in [0.05, 0.1) is 0 Å². The van der Waals surface area contributed by atoms with E-state index in [-0.39, 0.29) is 0 Å². The minimum Gasteiger partial charge on any atom is -0.379 e. The smallest absolute Gasteiger partial charge is 0.0485 e. The van der Waals surface area contributed by atoms with E-state index in [0.717, 1.165) is 19.5 Å². The maximum absolute atomic E-state index is 3.63. The lowest BCUT2D eigenvalue weighted by atomic mass is 9.94. The van der Waals surface area contributed by atoms with Gasteiger partial charge >= 0.3 is 0 Å². The van der Waals surface area contributed by atoms with E-state index in [1.807, 2.05) is 0 Å². The summed E-state index contributed by atoms with van der Waals surface area (Å²) in [6, 6.07) is 17.8. The van der Waals surface area contributed by atoms with Crippen molar-refractivity contribution in [1.82, 2.24) is 5.32 Å². The minimum atomic E-state index is 0.323. The van der Waals surface area contributed by atoms with Crippen LogP contribution in [0.25, 0.3) is 0 Å². The molecule has 2 aromatic carbocycles. The fourth-order valence-corrected chi connectivity index (χ4v) is 3.10. The Balaban J connectivity index is 1.80. The highest BCUT2D eigenvalue weighted by atomic mass is 14.9. The van der Waals surface area contributed by atoms with Crippen LogP contribution in [0.3, 0.4) is 0 Å². The van der Waals surface area contributed by atoms with Gasteiger partial charge in [-0.25, -0.2) is 0 Å². The van der Waals surface area contributed by atoms with Crippen molar-refractivity contribution < 1.29 is 0 Å². The highest BCUT2D eigenvalue weighted by molar-refractivity contribution is 5.51. The summed E-state index contributed by atoms with van der Waals surface area (Å²) in [6.45, 7) is 6.68. The lowest BCUT2D eigenvalue weighted by molar-refractivity contribution is 0.644. The number of fused-ring (bicyclic) bond motifs is 1. The summed E-state index contributed by atoms with van der Waals surface area (Å²) in [5, 5.41) is 7.14. The molecule has 0 aromatic heterocycles. The molecule has 0 radical (unpaired) electrons. The fourth-order valence-electron chi connectivity index (χ4n) is 3.10. The number of hydrogen-bond acceptors (Lipinski definition) is 2. The molecule has 2 unspecified atom stereocenters. The van der Waals surface area contributed by atoms with Gasteiger partial charge in [0.2, 0.25) is 0 Å². The van der Waals surface area contributed by atoms with Gasteiger partial charge in [-0.1, -0.05) is 43.3 Å². The van der Waals surface area contributed by atoms with Crippen LogP contribution in [0.4, 0.5) is 5.69 Å². The first-order chi connectivity index (χ1) is 10.2. The average molecular weight is 280 g/mol. The van der Waals surface area contributed by atoms with E-state index < -0.39 is 0 Å². The molecule has 0 amide bonds. The van der Waals surface area contributed by atoms with Gasteiger partial charge in [-0.2, -0.15) is 0 Å². The molecule has 2 nitrogen and oxygen atoms in total. The molecule has 1 heterocycles. The van der Waals surface area contributed by atoms with Gasteiger partial charge in [0.1, 0.15) is 0 Å². The number of rotatable bonds is 3. The van der Waals surface area contributed by atoms with Crippen LogP contribution in [-0.2, 0) is 6.42 Å². The monoisotopic (exact) mass is 280 g/mol. The Kier molecular flexibility index (Phi) is 4.26. The van der Waals surface area contributed by atoms with E-state index in [2.05, 4.69) is 73.0 Å². The van der Waals surface area contributed by atoms with Crippen LogP contribution in [0, 0.1) is 0 Å². The van der Waals surface area contributed by atoms with E-state index in [1.54, 1.807) is 0 Å². The van der Waals surface area contributed by atoms with E-state index in [4.69, 9.17) is 0 Å². The molecule has 2 atom stereocenters. The predicted octanol–water partition coefficient (Wildman–Crippen LogP) is 4.11. The Morgan fingerprint density at radius 3 is 2.76 bits per heavy atom. The molecule has 21 heavy (non-hydrogen) atoms. The summed E-state index contributed by atoms with van der Waals surface area (Å²) in [5.74, 6) is 0.580. The molecule has 2 heteroatoms. The first-order valence-corrected chi connectivity index (χ1v) is 7.89. The van der Waals surface area contributed by atoms with Gasteiger partial charge in [0, 0.05) is 18.3 Å². The summed E-state index contributed by atoms with van der Waals surface area (Å²) in [7, 11) is 0. The van der Waals surface area contributed by atoms with E-state index in [0.29, 0.717) is 12.0 Å². The highest BCUT2D eigenvalue weighted by Gasteiger charge is 2.15. The number of nitrogens with one attached hydrogen (secondary N) is 2. The lowest BCUT2D eigenvalue weighted by Gasteiger charge is -2.19. The predicted molar refractivity (Wildman–Crippen MR) is 89.9 cm³/mol. The first-order valence-electron chi connectivity index (χ1n) is 7.89. The Bertz CT molecular complexity index is 592. The Labute approximate surface area is 127 Å². The summed E-state index contributed by atoms with van der Waals surface area (Å²) in [6.07, 6.45) is 1.13. The zero-order chi connectivity index (χ0) is 14.7. The van der Waals surface area contributed by atoms with Gasteiger partial charge in [0.15, 0.2) is 0 Å². The molecular weight excluding hydrogens is 256 g/mol. The van der Waals surface area contributed by atoms with E-state index in [9.17, 15) is 0 Å². The van der Waals surface area contributed by atoms with E-state index >= 15 is 0 Å². The van der Waals surface area contributed by atoms with Crippen LogP contribution in [0.1, 0.15) is 42.5 Å². The van der Waals surface area contributed by atoms with E-state index in [1.165, 1.54) is 22.4 Å². The molecule has 0 saturated carbocycles. The van der Waals surface area contributed by atoms with Gasteiger partial charge < -0.3 is 10.6 Å². The van der Waals surface area contributed by atoms with Crippen molar-refractivity contribution in [3.05, 3.63) is 65.2 Å².